The van der Waals surface area contributed by atoms with Crippen molar-refractivity contribution in [2.45, 2.75) is 43.8 Å². The van der Waals surface area contributed by atoms with Crippen LogP contribution in [0.5, 0.6) is 5.75 Å². The van der Waals surface area contributed by atoms with Gasteiger partial charge < -0.3 is 20.6 Å². The molecular formula is C27H26F3N7O3. The Hall–Kier alpha value is -4.42. The van der Waals surface area contributed by atoms with Crippen molar-refractivity contribution < 1.29 is 27.9 Å². The van der Waals surface area contributed by atoms with Gasteiger partial charge in [-0.1, -0.05) is 12.6 Å². The van der Waals surface area contributed by atoms with Gasteiger partial charge in [-0.15, -0.1) is 0 Å². The molecule has 0 spiro atoms. The summed E-state index contributed by atoms with van der Waals surface area (Å²) in [6.07, 6.45) is 0.122. The number of carbonyl (C=O) groups is 2. The van der Waals surface area contributed by atoms with Crippen molar-refractivity contribution in [2.75, 3.05) is 25.4 Å². The summed E-state index contributed by atoms with van der Waals surface area (Å²) in [5, 5.41) is 15.7. The van der Waals surface area contributed by atoms with E-state index in [2.05, 4.69) is 16.5 Å². The number of nitrogens with two attached hydrogens (primary N) is 1. The molecule has 3 N–H and O–H groups in total. The molecule has 13 heteroatoms. The van der Waals surface area contributed by atoms with E-state index in [0.717, 1.165) is 35.9 Å². The average molecular weight is 554 g/mol. The van der Waals surface area contributed by atoms with Crippen molar-refractivity contribution >= 4 is 17.6 Å². The first-order chi connectivity index (χ1) is 19.1. The van der Waals surface area contributed by atoms with Crippen LogP contribution in [0.15, 0.2) is 37.1 Å². The molecule has 10 nitrogen and oxygen atoms in total. The molecule has 3 aliphatic rings. The molecule has 2 aliphatic heterocycles. The van der Waals surface area contributed by atoms with Gasteiger partial charge in [-0.2, -0.15) is 18.3 Å². The van der Waals surface area contributed by atoms with E-state index in [1.54, 1.807) is 15.6 Å². The van der Waals surface area contributed by atoms with Gasteiger partial charge >= 0.3 is 6.18 Å². The highest BCUT2D eigenvalue weighted by atomic mass is 19.4. The highest BCUT2D eigenvalue weighted by Gasteiger charge is 2.41. The summed E-state index contributed by atoms with van der Waals surface area (Å²) in [6, 6.07) is 4.92. The van der Waals surface area contributed by atoms with Crippen LogP contribution in [0, 0.1) is 0 Å². The number of amides is 2. The number of phenols is 1. The third-order valence-corrected chi connectivity index (χ3v) is 7.73. The van der Waals surface area contributed by atoms with Crippen molar-refractivity contribution in [3.05, 3.63) is 71.0 Å². The van der Waals surface area contributed by atoms with Crippen molar-refractivity contribution in [3.63, 3.8) is 0 Å². The number of aromatic hydroxyl groups is 1. The largest absolute Gasteiger partial charge is 0.506 e. The zero-order valence-corrected chi connectivity index (χ0v) is 21.4. The third-order valence-electron chi connectivity index (χ3n) is 7.73. The van der Waals surface area contributed by atoms with E-state index in [0.29, 0.717) is 36.7 Å². The number of halogens is 3. The monoisotopic (exact) mass is 553 g/mol. The minimum absolute atomic E-state index is 0.103. The zero-order valence-electron chi connectivity index (χ0n) is 21.4. The van der Waals surface area contributed by atoms with Crippen LogP contribution in [-0.4, -0.2) is 66.1 Å². The first-order valence-electron chi connectivity index (χ1n) is 12.9. The zero-order chi connectivity index (χ0) is 28.3. The number of hydrogen-bond acceptors (Lipinski definition) is 7. The molecular weight excluding hydrogens is 527 g/mol. The van der Waals surface area contributed by atoms with Gasteiger partial charge in [-0.05, 0) is 42.5 Å². The molecule has 40 heavy (non-hydrogen) atoms. The topological polar surface area (TPSA) is 130 Å². The fraction of sp³-hybridized carbons (Fsp3) is 0.370. The minimum atomic E-state index is -4.81. The molecule has 1 aliphatic carbocycles. The van der Waals surface area contributed by atoms with Crippen LogP contribution >= 0.6 is 0 Å². The SMILES string of the molecule is C=CC(=O)N1CCc2nn(-c3ccc(C4CC4)cc3O)c3c2[C@@H](C1)N(C(=O)c1cnc(C(F)(F)F)nc1N)CC3. The maximum atomic E-state index is 13.7. The number of nitrogens with zero attached hydrogens (tertiary/aromatic N) is 6. The average Bonchev–Trinajstić information content (AvgIpc) is 3.73. The third kappa shape index (κ3) is 4.34. The summed E-state index contributed by atoms with van der Waals surface area (Å²) < 4.78 is 40.9. The summed E-state index contributed by atoms with van der Waals surface area (Å²) in [4.78, 5) is 36.0. The Labute approximate surface area is 226 Å². The number of rotatable bonds is 4. The molecule has 1 atom stereocenters. The van der Waals surface area contributed by atoms with Crippen LogP contribution in [0.2, 0.25) is 0 Å². The molecule has 2 amide bonds. The summed E-state index contributed by atoms with van der Waals surface area (Å²) in [5.74, 6) is -2.41. The van der Waals surface area contributed by atoms with Crippen LogP contribution in [0.4, 0.5) is 19.0 Å². The lowest BCUT2D eigenvalue weighted by molar-refractivity contribution is -0.144. The van der Waals surface area contributed by atoms with Crippen LogP contribution in [0.25, 0.3) is 5.69 Å². The predicted octanol–water partition coefficient (Wildman–Crippen LogP) is 3.16. The first kappa shape index (κ1) is 25.8. The molecule has 1 saturated carbocycles. The Morgan fingerprint density at radius 3 is 2.60 bits per heavy atom. The van der Waals surface area contributed by atoms with E-state index in [-0.39, 0.29) is 30.3 Å². The molecule has 6 rings (SSSR count). The van der Waals surface area contributed by atoms with Gasteiger partial charge in [0.05, 0.1) is 17.4 Å². The highest BCUT2D eigenvalue weighted by Crippen LogP contribution is 2.43. The highest BCUT2D eigenvalue weighted by molar-refractivity contribution is 5.98. The molecule has 1 aromatic carbocycles. The smallest absolute Gasteiger partial charge is 0.451 e. The lowest BCUT2D eigenvalue weighted by Gasteiger charge is -2.38. The molecule has 2 aromatic heterocycles. The molecule has 208 valence electrons. The van der Waals surface area contributed by atoms with Gasteiger partial charge in [0.2, 0.25) is 11.7 Å². The van der Waals surface area contributed by atoms with E-state index in [1.165, 1.54) is 11.0 Å². The van der Waals surface area contributed by atoms with Crippen LogP contribution in [0.1, 0.15) is 63.5 Å². The maximum Gasteiger partial charge on any atom is 0.451 e. The number of alkyl halides is 3. The van der Waals surface area contributed by atoms with Gasteiger partial charge in [0.15, 0.2) is 0 Å². The summed E-state index contributed by atoms with van der Waals surface area (Å²) in [5.41, 5.74) is 9.34. The second-order valence-electron chi connectivity index (χ2n) is 10.2. The standard InChI is InChI=1S/C27H26F3N7O3/c1-2-22(39)35-9-7-17-23-19(37(34-17)18-6-5-15(11-21(18)38)14-3-4-14)8-10-36(20(23)13-35)25(40)16-12-32-26(27(28,29)30)33-24(16)31/h2,5-6,11-12,14,20,38H,1,3-4,7-10,13H2,(H2,31,32,33)/t20-/m1/s1. The fourth-order valence-electron chi connectivity index (χ4n) is 5.61. The Morgan fingerprint density at radius 2 is 1.95 bits per heavy atom. The Morgan fingerprint density at radius 1 is 1.18 bits per heavy atom. The van der Waals surface area contributed by atoms with E-state index >= 15 is 0 Å². The van der Waals surface area contributed by atoms with E-state index in [1.807, 2.05) is 12.1 Å². The molecule has 3 aromatic rings. The van der Waals surface area contributed by atoms with Crippen molar-refractivity contribution in [2.24, 2.45) is 0 Å². The molecule has 0 bridgehead atoms. The van der Waals surface area contributed by atoms with E-state index in [4.69, 9.17) is 10.8 Å². The number of aromatic nitrogens is 4. The lowest BCUT2D eigenvalue weighted by atomic mass is 9.95. The number of anilines is 1. The molecule has 4 heterocycles. The second kappa shape index (κ2) is 9.35. The summed E-state index contributed by atoms with van der Waals surface area (Å²) in [7, 11) is 0. The van der Waals surface area contributed by atoms with Gasteiger partial charge in [-0.25, -0.2) is 14.6 Å². The fourth-order valence-corrected chi connectivity index (χ4v) is 5.61. The summed E-state index contributed by atoms with van der Waals surface area (Å²) >= 11 is 0. The van der Waals surface area contributed by atoms with Crippen molar-refractivity contribution in [3.8, 4) is 11.4 Å². The van der Waals surface area contributed by atoms with Gasteiger partial charge in [0.1, 0.15) is 22.8 Å². The predicted molar refractivity (Wildman–Crippen MR) is 137 cm³/mol. The van der Waals surface area contributed by atoms with Gasteiger partial charge in [0.25, 0.3) is 5.91 Å². The number of nitrogen functional groups attached to an aromatic ring is 1. The Balaban J connectivity index is 1.41. The van der Waals surface area contributed by atoms with Crippen LogP contribution < -0.4 is 5.73 Å². The Kier molecular flexibility index (Phi) is 6.04. The summed E-state index contributed by atoms with van der Waals surface area (Å²) in [6.45, 7) is 4.18. The van der Waals surface area contributed by atoms with E-state index < -0.39 is 29.8 Å². The molecule has 0 unspecified atom stereocenters. The van der Waals surface area contributed by atoms with Crippen LogP contribution in [-0.2, 0) is 23.8 Å². The molecule has 0 saturated heterocycles. The quantitative estimate of drug-likeness (QED) is 0.475. The first-order valence-corrected chi connectivity index (χ1v) is 12.9. The maximum absolute atomic E-state index is 13.7. The molecule has 0 radical (unpaired) electrons. The number of carbonyl (C=O) groups excluding carboxylic acids is 2. The van der Waals surface area contributed by atoms with Crippen molar-refractivity contribution in [1.29, 1.82) is 0 Å². The molecule has 1 fully saturated rings. The minimum Gasteiger partial charge on any atom is -0.506 e. The van der Waals surface area contributed by atoms with E-state index in [9.17, 15) is 27.9 Å². The second-order valence-corrected chi connectivity index (χ2v) is 10.2. The number of hydrogen-bond donors (Lipinski definition) is 2. The number of phenolic OH excluding ortho intramolecular Hbond substituents is 1. The van der Waals surface area contributed by atoms with Crippen LogP contribution in [0.3, 0.4) is 0 Å². The lowest BCUT2D eigenvalue weighted by Crippen LogP contribution is -2.46. The van der Waals surface area contributed by atoms with Gasteiger partial charge in [0, 0.05) is 44.2 Å². The normalized spacial score (nSPS) is 18.7. The van der Waals surface area contributed by atoms with Gasteiger partial charge in [-0.3, -0.25) is 9.59 Å². The van der Waals surface area contributed by atoms with Crippen molar-refractivity contribution in [1.82, 2.24) is 29.5 Å². The Bertz CT molecular complexity index is 1550. The number of benzene rings is 1.